The van der Waals surface area contributed by atoms with Crippen molar-refractivity contribution < 1.29 is 28.9 Å². The summed E-state index contributed by atoms with van der Waals surface area (Å²) in [6.45, 7) is 9.64. The molecule has 2 aliphatic carbocycles. The van der Waals surface area contributed by atoms with E-state index in [2.05, 4.69) is 23.1 Å². The first-order valence-corrected chi connectivity index (χ1v) is 19.0. The topological polar surface area (TPSA) is 88.5 Å². The predicted octanol–water partition coefficient (Wildman–Crippen LogP) is 8.53. The molecule has 2 saturated carbocycles. The van der Waals surface area contributed by atoms with Crippen molar-refractivity contribution in [2.75, 3.05) is 32.8 Å². The van der Waals surface area contributed by atoms with Crippen LogP contribution in [0.3, 0.4) is 0 Å². The molecule has 2 atom stereocenters. The van der Waals surface area contributed by atoms with Crippen LogP contribution >= 0.6 is 0 Å². The zero-order chi connectivity index (χ0) is 35.2. The summed E-state index contributed by atoms with van der Waals surface area (Å²) in [6, 6.07) is 20.2. The van der Waals surface area contributed by atoms with Crippen molar-refractivity contribution >= 4 is 12.2 Å². The molecule has 0 radical (unpaired) electrons. The molecule has 4 fully saturated rings. The highest BCUT2D eigenvalue weighted by Gasteiger charge is 2.60. The van der Waals surface area contributed by atoms with Crippen molar-refractivity contribution in [2.24, 2.45) is 22.7 Å². The number of carbonyl (C=O) groups excluding carboxylic acids is 2. The summed E-state index contributed by atoms with van der Waals surface area (Å²) in [7, 11) is 0. The van der Waals surface area contributed by atoms with E-state index in [1.165, 1.54) is 24.0 Å². The Bertz CT molecular complexity index is 1440. The third kappa shape index (κ3) is 8.74. The second kappa shape index (κ2) is 15.9. The lowest BCUT2D eigenvalue weighted by atomic mass is 9.47. The first-order chi connectivity index (χ1) is 24.1. The minimum absolute atomic E-state index is 0.0242. The number of aliphatic hydroxyl groups excluding tert-OH is 1. The summed E-state index contributed by atoms with van der Waals surface area (Å²) >= 11 is 0. The predicted molar refractivity (Wildman–Crippen MR) is 194 cm³/mol. The molecule has 2 aliphatic heterocycles. The van der Waals surface area contributed by atoms with E-state index in [0.717, 1.165) is 56.9 Å². The number of carbonyl (C=O) groups is 2. The first-order valence-electron chi connectivity index (χ1n) is 19.0. The van der Waals surface area contributed by atoms with E-state index in [0.29, 0.717) is 38.8 Å². The molecule has 50 heavy (non-hydrogen) atoms. The zero-order valence-electron chi connectivity index (χ0n) is 30.5. The molecule has 8 nitrogen and oxygen atoms in total. The fraction of sp³-hybridized carbons (Fsp3) is 0.619. The Kier molecular flexibility index (Phi) is 11.6. The van der Waals surface area contributed by atoms with Crippen LogP contribution in [0.15, 0.2) is 72.3 Å². The molecule has 4 aliphatic rings. The summed E-state index contributed by atoms with van der Waals surface area (Å²) in [5, 5.41) is 9.44. The molecule has 6 rings (SSSR count). The second-order valence-electron chi connectivity index (χ2n) is 16.5. The highest BCUT2D eigenvalue weighted by molar-refractivity contribution is 5.69. The van der Waals surface area contributed by atoms with Crippen LogP contribution in [-0.4, -0.2) is 71.6 Å². The van der Waals surface area contributed by atoms with E-state index in [-0.39, 0.29) is 48.2 Å². The summed E-state index contributed by atoms with van der Waals surface area (Å²) in [5.74, 6) is 0.883. The summed E-state index contributed by atoms with van der Waals surface area (Å²) in [4.78, 5) is 31.0. The lowest BCUT2D eigenvalue weighted by molar-refractivity contribution is -0.0987. The van der Waals surface area contributed by atoms with Gasteiger partial charge in [-0.3, -0.25) is 0 Å². The van der Waals surface area contributed by atoms with Crippen molar-refractivity contribution in [3.8, 4) is 0 Å². The van der Waals surface area contributed by atoms with Crippen LogP contribution < -0.4 is 0 Å². The van der Waals surface area contributed by atoms with Crippen molar-refractivity contribution in [1.29, 1.82) is 0 Å². The van der Waals surface area contributed by atoms with E-state index >= 15 is 0 Å². The SMILES string of the molecule is CC(C)(C)OC(=O)N1CCC2(CC(CCCO)C2)CC1C1/C(=C/CCOCc2ccccc2)CC12CCN(C(=O)OCc1ccccc1)CC2. The van der Waals surface area contributed by atoms with Crippen LogP contribution in [0.25, 0.3) is 0 Å². The Morgan fingerprint density at radius 1 is 0.880 bits per heavy atom. The lowest BCUT2D eigenvalue weighted by Gasteiger charge is -2.63. The monoisotopic (exact) mass is 686 g/mol. The van der Waals surface area contributed by atoms with Gasteiger partial charge in [0.2, 0.25) is 0 Å². The van der Waals surface area contributed by atoms with Gasteiger partial charge in [-0.1, -0.05) is 72.3 Å². The molecule has 2 amide bonds. The summed E-state index contributed by atoms with van der Waals surface area (Å²) in [5.41, 5.74) is 3.29. The minimum atomic E-state index is -0.569. The Balaban J connectivity index is 1.18. The number of aliphatic hydroxyl groups is 1. The van der Waals surface area contributed by atoms with Crippen LogP contribution in [-0.2, 0) is 27.4 Å². The van der Waals surface area contributed by atoms with Crippen molar-refractivity contribution in [3.05, 3.63) is 83.4 Å². The summed E-state index contributed by atoms with van der Waals surface area (Å²) in [6.07, 6.45) is 11.8. The molecule has 2 heterocycles. The number of hydrogen-bond donors (Lipinski definition) is 1. The Labute approximate surface area is 299 Å². The number of hydrogen-bond acceptors (Lipinski definition) is 6. The number of ether oxygens (including phenoxy) is 3. The van der Waals surface area contributed by atoms with Crippen LogP contribution in [0.5, 0.6) is 0 Å². The third-order valence-electron chi connectivity index (χ3n) is 11.8. The van der Waals surface area contributed by atoms with Gasteiger partial charge in [-0.2, -0.15) is 0 Å². The van der Waals surface area contributed by atoms with Gasteiger partial charge in [-0.15, -0.1) is 0 Å². The number of piperidine rings is 2. The van der Waals surface area contributed by atoms with Crippen LogP contribution in [0, 0.1) is 22.7 Å². The van der Waals surface area contributed by atoms with Crippen molar-refractivity contribution in [3.63, 3.8) is 0 Å². The normalized spacial score (nSPS) is 23.8. The van der Waals surface area contributed by atoms with Crippen molar-refractivity contribution in [2.45, 2.75) is 110 Å². The summed E-state index contributed by atoms with van der Waals surface area (Å²) < 4.78 is 17.8. The van der Waals surface area contributed by atoms with Crippen molar-refractivity contribution in [1.82, 2.24) is 9.80 Å². The average Bonchev–Trinajstić information content (AvgIpc) is 3.08. The Hall–Kier alpha value is -3.36. The van der Waals surface area contributed by atoms with E-state index in [1.807, 2.05) is 74.2 Å². The lowest BCUT2D eigenvalue weighted by Crippen LogP contribution is -2.63. The van der Waals surface area contributed by atoms with Gasteiger partial charge in [0.05, 0.1) is 13.2 Å². The van der Waals surface area contributed by atoms with Gasteiger partial charge in [0.25, 0.3) is 0 Å². The molecular weight excluding hydrogens is 628 g/mol. The molecule has 2 spiro atoms. The second-order valence-corrected chi connectivity index (χ2v) is 16.5. The van der Waals surface area contributed by atoms with E-state index in [9.17, 15) is 14.7 Å². The molecule has 272 valence electrons. The van der Waals surface area contributed by atoms with Gasteiger partial charge < -0.3 is 29.1 Å². The molecule has 1 N–H and O–H groups in total. The number of benzene rings is 2. The highest BCUT2D eigenvalue weighted by atomic mass is 16.6. The molecule has 2 aromatic carbocycles. The Morgan fingerprint density at radius 2 is 1.54 bits per heavy atom. The number of rotatable bonds is 11. The minimum Gasteiger partial charge on any atom is -0.445 e. The highest BCUT2D eigenvalue weighted by Crippen LogP contribution is 2.64. The molecule has 2 unspecified atom stereocenters. The molecule has 8 heteroatoms. The van der Waals surface area contributed by atoms with Crippen LogP contribution in [0.1, 0.15) is 96.1 Å². The first kappa shape index (κ1) is 36.4. The van der Waals surface area contributed by atoms with E-state index in [4.69, 9.17) is 14.2 Å². The maximum absolute atomic E-state index is 13.9. The smallest absolute Gasteiger partial charge is 0.410 e. The largest absolute Gasteiger partial charge is 0.445 e. The van der Waals surface area contributed by atoms with Gasteiger partial charge in [-0.25, -0.2) is 9.59 Å². The van der Waals surface area contributed by atoms with E-state index < -0.39 is 5.60 Å². The maximum Gasteiger partial charge on any atom is 0.410 e. The molecule has 0 bridgehead atoms. The maximum atomic E-state index is 13.9. The van der Waals surface area contributed by atoms with Gasteiger partial charge in [0, 0.05) is 38.2 Å². The van der Waals surface area contributed by atoms with Crippen LogP contribution in [0.4, 0.5) is 9.59 Å². The standard InChI is InChI=1S/C42H58N2O6/c1-40(2,3)50-39(47)44-23-18-41(26-34(27-41)16-10-24-45)29-36(44)37-35(17-11-25-48-30-32-12-6-4-7-13-32)28-42(37)19-21-43(22-20-42)38(46)49-31-33-14-8-5-9-15-33/h4-9,12-15,17,34,36-37,45H,10-11,16,18-31H2,1-3H3/b35-17+. The average molecular weight is 687 g/mol. The fourth-order valence-electron chi connectivity index (χ4n) is 9.41. The van der Waals surface area contributed by atoms with Gasteiger partial charge >= 0.3 is 12.2 Å². The molecule has 2 aromatic rings. The van der Waals surface area contributed by atoms with Gasteiger partial charge in [0.1, 0.15) is 12.2 Å². The number of likely N-dealkylation sites (tertiary alicyclic amines) is 2. The fourth-order valence-corrected chi connectivity index (χ4v) is 9.41. The number of amides is 2. The van der Waals surface area contributed by atoms with Gasteiger partial charge in [-0.05, 0) is 113 Å². The molecule has 0 aromatic heterocycles. The number of nitrogens with zero attached hydrogens (tertiary/aromatic N) is 2. The third-order valence-corrected chi connectivity index (χ3v) is 11.8. The van der Waals surface area contributed by atoms with E-state index in [1.54, 1.807) is 0 Å². The van der Waals surface area contributed by atoms with Gasteiger partial charge in [0.15, 0.2) is 0 Å². The zero-order valence-corrected chi connectivity index (χ0v) is 30.5. The van der Waals surface area contributed by atoms with Crippen LogP contribution in [0.2, 0.25) is 0 Å². The Morgan fingerprint density at radius 3 is 2.18 bits per heavy atom. The molecular formula is C42H58N2O6. The quantitative estimate of drug-likeness (QED) is 0.188. The molecule has 2 saturated heterocycles.